The van der Waals surface area contributed by atoms with Gasteiger partial charge in [-0.25, -0.2) is 0 Å². The fourth-order valence-corrected chi connectivity index (χ4v) is 2.71. The van der Waals surface area contributed by atoms with E-state index in [-0.39, 0.29) is 0 Å². The van der Waals surface area contributed by atoms with Crippen LogP contribution in [-0.4, -0.2) is 11.7 Å². The zero-order chi connectivity index (χ0) is 12.9. The number of aryl methyl sites for hydroxylation is 1. The average molecular weight is 243 g/mol. The van der Waals surface area contributed by atoms with Gasteiger partial charge in [-0.1, -0.05) is 13.8 Å². The molecule has 1 aromatic carbocycles. The van der Waals surface area contributed by atoms with E-state index >= 15 is 0 Å². The highest BCUT2D eigenvalue weighted by Gasteiger charge is 2.26. The van der Waals surface area contributed by atoms with Crippen molar-refractivity contribution in [3.05, 3.63) is 29.5 Å². The lowest BCUT2D eigenvalue weighted by Gasteiger charge is -2.11. The van der Waals surface area contributed by atoms with Gasteiger partial charge in [-0.3, -0.25) is 0 Å². The molecule has 1 heterocycles. The number of methoxy groups -OCH3 is 1. The maximum absolute atomic E-state index is 5.60. The Balaban J connectivity index is 2.30. The largest absolute Gasteiger partial charge is 0.496 e. The van der Waals surface area contributed by atoms with Gasteiger partial charge in [0.05, 0.1) is 12.6 Å². The van der Waals surface area contributed by atoms with Crippen molar-refractivity contribution in [2.45, 2.75) is 45.6 Å². The molecule has 0 N–H and O–H groups in total. The summed E-state index contributed by atoms with van der Waals surface area (Å²) in [6.45, 7) is 6.65. The molecule has 0 amide bonds. The maximum atomic E-state index is 5.60. The molecule has 18 heavy (non-hydrogen) atoms. The van der Waals surface area contributed by atoms with Crippen molar-refractivity contribution in [1.29, 1.82) is 0 Å². The van der Waals surface area contributed by atoms with Crippen LogP contribution in [0.1, 0.15) is 49.8 Å². The molecular formula is C16H21NO. The van der Waals surface area contributed by atoms with Crippen LogP contribution < -0.4 is 4.74 Å². The second-order valence-corrected chi connectivity index (χ2v) is 5.72. The standard InChI is InChI=1S/C16H21NO/c1-10(2)12-7-14-16(15(8-12)18-4)11(3)9-17(14)13-5-6-13/h7-10,13H,5-6H2,1-4H3. The van der Waals surface area contributed by atoms with Gasteiger partial charge in [-0.05, 0) is 48.9 Å². The molecule has 0 atom stereocenters. The zero-order valence-corrected chi connectivity index (χ0v) is 11.7. The highest BCUT2D eigenvalue weighted by molar-refractivity contribution is 5.90. The summed E-state index contributed by atoms with van der Waals surface area (Å²) in [6, 6.07) is 5.25. The lowest BCUT2D eigenvalue weighted by atomic mass is 10.0. The van der Waals surface area contributed by atoms with Gasteiger partial charge in [-0.15, -0.1) is 0 Å². The third-order valence-corrected chi connectivity index (χ3v) is 3.94. The summed E-state index contributed by atoms with van der Waals surface area (Å²) in [5.41, 5.74) is 4.03. The zero-order valence-electron chi connectivity index (χ0n) is 11.7. The molecule has 0 unspecified atom stereocenters. The summed E-state index contributed by atoms with van der Waals surface area (Å²) in [5.74, 6) is 1.55. The van der Waals surface area contributed by atoms with E-state index < -0.39 is 0 Å². The van der Waals surface area contributed by atoms with E-state index in [9.17, 15) is 0 Å². The SMILES string of the molecule is COc1cc(C(C)C)cc2c1c(C)cn2C1CC1. The molecule has 3 rings (SSSR count). The average Bonchev–Trinajstić information content (AvgIpc) is 3.13. The molecule has 2 nitrogen and oxygen atoms in total. The Labute approximate surface area is 109 Å². The monoisotopic (exact) mass is 243 g/mol. The Bertz CT molecular complexity index is 591. The minimum atomic E-state index is 0.533. The summed E-state index contributed by atoms with van der Waals surface area (Å²) in [6.07, 6.45) is 4.92. The minimum absolute atomic E-state index is 0.533. The van der Waals surface area contributed by atoms with Gasteiger partial charge in [0.1, 0.15) is 5.75 Å². The van der Waals surface area contributed by atoms with Gasteiger partial charge in [-0.2, -0.15) is 0 Å². The van der Waals surface area contributed by atoms with E-state index in [0.717, 1.165) is 5.75 Å². The van der Waals surface area contributed by atoms with Crippen molar-refractivity contribution in [3.8, 4) is 5.75 Å². The van der Waals surface area contributed by atoms with E-state index in [1.54, 1.807) is 7.11 Å². The minimum Gasteiger partial charge on any atom is -0.496 e. The molecule has 2 aromatic rings. The van der Waals surface area contributed by atoms with Gasteiger partial charge in [0.2, 0.25) is 0 Å². The van der Waals surface area contributed by atoms with Crippen molar-refractivity contribution in [3.63, 3.8) is 0 Å². The number of hydrogen-bond donors (Lipinski definition) is 0. The molecule has 96 valence electrons. The van der Waals surface area contributed by atoms with Crippen molar-refractivity contribution < 1.29 is 4.74 Å². The third-order valence-electron chi connectivity index (χ3n) is 3.94. The van der Waals surface area contributed by atoms with Gasteiger partial charge < -0.3 is 9.30 Å². The molecule has 1 fully saturated rings. The van der Waals surface area contributed by atoms with Gasteiger partial charge in [0.15, 0.2) is 0 Å². The number of ether oxygens (including phenoxy) is 1. The highest BCUT2D eigenvalue weighted by Crippen LogP contribution is 2.42. The Hall–Kier alpha value is -1.44. The number of nitrogens with zero attached hydrogens (tertiary/aromatic N) is 1. The number of aromatic nitrogens is 1. The summed E-state index contributed by atoms with van der Waals surface area (Å²) in [5, 5.41) is 1.29. The maximum Gasteiger partial charge on any atom is 0.128 e. The Morgan fingerprint density at radius 1 is 1.28 bits per heavy atom. The van der Waals surface area contributed by atoms with Crippen molar-refractivity contribution in [1.82, 2.24) is 4.57 Å². The molecule has 0 saturated heterocycles. The summed E-state index contributed by atoms with van der Waals surface area (Å²) in [7, 11) is 1.77. The van der Waals surface area contributed by atoms with Gasteiger partial charge in [0.25, 0.3) is 0 Å². The molecule has 0 bridgehead atoms. The first-order valence-electron chi connectivity index (χ1n) is 6.81. The molecule has 0 spiro atoms. The Kier molecular flexibility index (Phi) is 2.61. The third kappa shape index (κ3) is 1.71. The van der Waals surface area contributed by atoms with Crippen LogP contribution in [0.5, 0.6) is 5.75 Å². The molecule has 0 aliphatic heterocycles. The van der Waals surface area contributed by atoms with Crippen LogP contribution in [-0.2, 0) is 0 Å². The molecule has 2 heteroatoms. The van der Waals surface area contributed by atoms with Gasteiger partial charge >= 0.3 is 0 Å². The molecule has 1 aromatic heterocycles. The van der Waals surface area contributed by atoms with E-state index in [4.69, 9.17) is 4.74 Å². The van der Waals surface area contributed by atoms with E-state index in [0.29, 0.717) is 12.0 Å². The van der Waals surface area contributed by atoms with E-state index in [1.807, 2.05) is 0 Å². The van der Waals surface area contributed by atoms with Crippen LogP contribution in [0.15, 0.2) is 18.3 Å². The fraction of sp³-hybridized carbons (Fsp3) is 0.500. The first kappa shape index (κ1) is 11.6. The van der Waals surface area contributed by atoms with Crippen LogP contribution in [0.2, 0.25) is 0 Å². The number of rotatable bonds is 3. The summed E-state index contributed by atoms with van der Waals surface area (Å²) >= 11 is 0. The highest BCUT2D eigenvalue weighted by atomic mass is 16.5. The predicted molar refractivity (Wildman–Crippen MR) is 75.6 cm³/mol. The normalized spacial score (nSPS) is 15.6. The topological polar surface area (TPSA) is 14.2 Å². The number of benzene rings is 1. The molecule has 0 radical (unpaired) electrons. The molecule has 1 saturated carbocycles. The lowest BCUT2D eigenvalue weighted by Crippen LogP contribution is -1.95. The fourth-order valence-electron chi connectivity index (χ4n) is 2.71. The smallest absolute Gasteiger partial charge is 0.128 e. The van der Waals surface area contributed by atoms with Crippen LogP contribution >= 0.6 is 0 Å². The molecular weight excluding hydrogens is 222 g/mol. The van der Waals surface area contributed by atoms with Crippen molar-refractivity contribution in [2.75, 3.05) is 7.11 Å². The second kappa shape index (κ2) is 4.04. The van der Waals surface area contributed by atoms with Crippen molar-refractivity contribution in [2.24, 2.45) is 0 Å². The Morgan fingerprint density at radius 2 is 2.00 bits per heavy atom. The Morgan fingerprint density at radius 3 is 2.56 bits per heavy atom. The second-order valence-electron chi connectivity index (χ2n) is 5.72. The van der Waals surface area contributed by atoms with Crippen molar-refractivity contribution >= 4 is 10.9 Å². The van der Waals surface area contributed by atoms with E-state index in [2.05, 4.69) is 43.7 Å². The van der Waals surface area contributed by atoms with Crippen LogP contribution in [0.4, 0.5) is 0 Å². The number of hydrogen-bond acceptors (Lipinski definition) is 1. The predicted octanol–water partition coefficient (Wildman–Crippen LogP) is 4.42. The molecule has 1 aliphatic carbocycles. The lowest BCUT2D eigenvalue weighted by molar-refractivity contribution is 0.419. The van der Waals surface area contributed by atoms with Crippen LogP contribution in [0.3, 0.4) is 0 Å². The summed E-state index contributed by atoms with van der Waals surface area (Å²) in [4.78, 5) is 0. The first-order valence-corrected chi connectivity index (χ1v) is 6.81. The van der Waals surface area contributed by atoms with Crippen LogP contribution in [0.25, 0.3) is 10.9 Å². The summed E-state index contributed by atoms with van der Waals surface area (Å²) < 4.78 is 8.04. The van der Waals surface area contributed by atoms with Gasteiger partial charge in [0, 0.05) is 17.6 Å². The number of fused-ring (bicyclic) bond motifs is 1. The van der Waals surface area contributed by atoms with Crippen LogP contribution in [0, 0.1) is 6.92 Å². The molecule has 1 aliphatic rings. The van der Waals surface area contributed by atoms with E-state index in [1.165, 1.54) is 34.9 Å². The quantitative estimate of drug-likeness (QED) is 0.778. The first-order chi connectivity index (χ1) is 8.61.